The lowest BCUT2D eigenvalue weighted by Crippen LogP contribution is -2.36. The SMILES string of the molecule is Cc1sc(-c2nc(-c3cccc(F)c3)no2)cc1S(=O)(=O)NCCCN1CCC[C@@H](C)C1. The predicted octanol–water partition coefficient (Wildman–Crippen LogP) is 4.31. The largest absolute Gasteiger partial charge is 0.333 e. The van der Waals surface area contributed by atoms with Crippen LogP contribution in [0.25, 0.3) is 22.2 Å². The molecule has 32 heavy (non-hydrogen) atoms. The zero-order valence-electron chi connectivity index (χ0n) is 18.2. The second-order valence-electron chi connectivity index (χ2n) is 8.26. The zero-order valence-corrected chi connectivity index (χ0v) is 19.8. The van der Waals surface area contributed by atoms with Gasteiger partial charge in [-0.1, -0.05) is 24.2 Å². The number of nitrogens with zero attached hydrogens (tertiary/aromatic N) is 3. The highest BCUT2D eigenvalue weighted by molar-refractivity contribution is 7.89. The first-order chi connectivity index (χ1) is 15.3. The number of hydrogen-bond donors (Lipinski definition) is 1. The number of nitrogens with one attached hydrogen (secondary N) is 1. The number of rotatable bonds is 8. The maximum atomic E-state index is 13.5. The van der Waals surface area contributed by atoms with E-state index >= 15 is 0 Å². The molecule has 1 aromatic carbocycles. The first kappa shape index (κ1) is 23.0. The van der Waals surface area contributed by atoms with Gasteiger partial charge < -0.3 is 9.42 Å². The van der Waals surface area contributed by atoms with Crippen LogP contribution in [0.5, 0.6) is 0 Å². The van der Waals surface area contributed by atoms with Crippen LogP contribution in [0.15, 0.2) is 39.8 Å². The minimum atomic E-state index is -3.64. The van der Waals surface area contributed by atoms with E-state index in [1.807, 2.05) is 0 Å². The normalized spacial score (nSPS) is 17.7. The van der Waals surface area contributed by atoms with Gasteiger partial charge >= 0.3 is 0 Å². The highest BCUT2D eigenvalue weighted by Gasteiger charge is 2.23. The molecule has 0 amide bonds. The van der Waals surface area contributed by atoms with Gasteiger partial charge in [-0.05, 0) is 63.4 Å². The molecule has 0 radical (unpaired) electrons. The minimum Gasteiger partial charge on any atom is -0.333 e. The standard InChI is InChI=1S/C22H27FN4O3S2/c1-15-6-4-10-27(14-15)11-5-9-24-32(28,29)20-13-19(31-16(20)2)22-25-21(26-30-22)17-7-3-8-18(23)12-17/h3,7-8,12-13,15,24H,4-6,9-11,14H2,1-2H3/t15-/m1/s1. The van der Waals surface area contributed by atoms with Gasteiger partial charge in [0.1, 0.15) is 5.82 Å². The summed E-state index contributed by atoms with van der Waals surface area (Å²) >= 11 is 1.27. The third-order valence-corrected chi connectivity index (χ3v) is 8.32. The van der Waals surface area contributed by atoms with Crippen LogP contribution in [-0.2, 0) is 10.0 Å². The Labute approximate surface area is 191 Å². The Kier molecular flexibility index (Phi) is 7.04. The molecule has 1 saturated heterocycles. The number of hydrogen-bond acceptors (Lipinski definition) is 7. The molecule has 3 aromatic rings. The Morgan fingerprint density at radius 1 is 1.34 bits per heavy atom. The van der Waals surface area contributed by atoms with E-state index in [0.717, 1.165) is 26.1 Å². The molecule has 1 N–H and O–H groups in total. The topological polar surface area (TPSA) is 88.3 Å². The first-order valence-electron chi connectivity index (χ1n) is 10.7. The van der Waals surface area contributed by atoms with Crippen LogP contribution in [0, 0.1) is 18.7 Å². The minimum absolute atomic E-state index is 0.207. The smallest absolute Gasteiger partial charge is 0.268 e. The maximum Gasteiger partial charge on any atom is 0.268 e. The molecule has 0 saturated carbocycles. The number of piperidine rings is 1. The molecular formula is C22H27FN4O3S2. The Morgan fingerprint density at radius 3 is 2.97 bits per heavy atom. The van der Waals surface area contributed by atoms with Gasteiger partial charge in [0, 0.05) is 23.5 Å². The fourth-order valence-electron chi connectivity index (χ4n) is 3.98. The van der Waals surface area contributed by atoms with Gasteiger partial charge in [0.05, 0.1) is 9.77 Å². The van der Waals surface area contributed by atoms with Gasteiger partial charge in [0.25, 0.3) is 5.89 Å². The van der Waals surface area contributed by atoms with Crippen molar-refractivity contribution in [2.24, 2.45) is 5.92 Å². The van der Waals surface area contributed by atoms with Gasteiger partial charge in [-0.25, -0.2) is 17.5 Å². The van der Waals surface area contributed by atoms with Gasteiger partial charge in [0.15, 0.2) is 0 Å². The van der Waals surface area contributed by atoms with Gasteiger partial charge in [-0.15, -0.1) is 11.3 Å². The Hall–Kier alpha value is -2.14. The number of halogens is 1. The number of sulfonamides is 1. The lowest BCUT2D eigenvalue weighted by atomic mass is 10.0. The van der Waals surface area contributed by atoms with Crippen LogP contribution in [0.3, 0.4) is 0 Å². The molecule has 0 spiro atoms. The van der Waals surface area contributed by atoms with Crippen molar-refractivity contribution in [1.82, 2.24) is 19.8 Å². The fraction of sp³-hybridized carbons (Fsp3) is 0.455. The quantitative estimate of drug-likeness (QED) is 0.485. The van der Waals surface area contributed by atoms with Crippen molar-refractivity contribution < 1.29 is 17.3 Å². The zero-order chi connectivity index (χ0) is 22.7. The summed E-state index contributed by atoms with van der Waals surface area (Å²) in [5.41, 5.74) is 0.492. The summed E-state index contributed by atoms with van der Waals surface area (Å²) in [6, 6.07) is 7.46. The summed E-state index contributed by atoms with van der Waals surface area (Å²) in [5, 5.41) is 3.90. The highest BCUT2D eigenvalue weighted by Crippen LogP contribution is 2.33. The number of thiophene rings is 1. The molecule has 10 heteroatoms. The third-order valence-electron chi connectivity index (χ3n) is 5.57. The van der Waals surface area contributed by atoms with Crippen molar-refractivity contribution in [3.05, 3.63) is 41.0 Å². The monoisotopic (exact) mass is 478 g/mol. The van der Waals surface area contributed by atoms with Crippen molar-refractivity contribution >= 4 is 21.4 Å². The molecular weight excluding hydrogens is 451 g/mol. The summed E-state index contributed by atoms with van der Waals surface area (Å²) in [6.07, 6.45) is 3.25. The molecule has 1 fully saturated rings. The van der Waals surface area contributed by atoms with Crippen molar-refractivity contribution in [2.75, 3.05) is 26.2 Å². The van der Waals surface area contributed by atoms with Gasteiger partial charge in [-0.3, -0.25) is 0 Å². The van der Waals surface area contributed by atoms with Crippen LogP contribution >= 0.6 is 11.3 Å². The molecule has 0 aliphatic carbocycles. The van der Waals surface area contributed by atoms with E-state index in [2.05, 4.69) is 26.7 Å². The van der Waals surface area contributed by atoms with Crippen LogP contribution in [0.2, 0.25) is 0 Å². The molecule has 172 valence electrons. The number of likely N-dealkylation sites (tertiary alicyclic amines) is 1. The molecule has 3 heterocycles. The lowest BCUT2D eigenvalue weighted by Gasteiger charge is -2.30. The number of aryl methyl sites for hydroxylation is 1. The second kappa shape index (κ2) is 9.78. The van der Waals surface area contributed by atoms with Crippen molar-refractivity contribution in [3.63, 3.8) is 0 Å². The van der Waals surface area contributed by atoms with E-state index in [-0.39, 0.29) is 16.6 Å². The highest BCUT2D eigenvalue weighted by atomic mass is 32.2. The Balaban J connectivity index is 1.40. The molecule has 4 rings (SSSR count). The first-order valence-corrected chi connectivity index (χ1v) is 13.0. The fourth-order valence-corrected chi connectivity index (χ4v) is 6.57. The van der Waals surface area contributed by atoms with Crippen LogP contribution in [0.4, 0.5) is 4.39 Å². The average molecular weight is 479 g/mol. The lowest BCUT2D eigenvalue weighted by molar-refractivity contribution is 0.182. The van der Waals surface area contributed by atoms with Crippen molar-refractivity contribution in [1.29, 1.82) is 0 Å². The average Bonchev–Trinajstić information content (AvgIpc) is 3.39. The van der Waals surface area contributed by atoms with E-state index in [1.54, 1.807) is 25.1 Å². The summed E-state index contributed by atoms with van der Waals surface area (Å²) in [4.78, 5) is 8.13. The Bertz CT molecular complexity index is 1180. The van der Waals surface area contributed by atoms with E-state index in [9.17, 15) is 12.8 Å². The Morgan fingerprint density at radius 2 is 2.19 bits per heavy atom. The van der Waals surface area contributed by atoms with Gasteiger partial charge in [0.2, 0.25) is 15.8 Å². The summed E-state index contributed by atoms with van der Waals surface area (Å²) < 4.78 is 47.2. The summed E-state index contributed by atoms with van der Waals surface area (Å²) in [6.45, 7) is 7.47. The predicted molar refractivity (Wildman–Crippen MR) is 122 cm³/mol. The number of benzene rings is 1. The van der Waals surface area contributed by atoms with Gasteiger partial charge in [-0.2, -0.15) is 4.98 Å². The van der Waals surface area contributed by atoms with E-state index < -0.39 is 15.8 Å². The van der Waals surface area contributed by atoms with Crippen LogP contribution < -0.4 is 4.72 Å². The molecule has 2 aromatic heterocycles. The molecule has 1 atom stereocenters. The summed E-state index contributed by atoms with van der Waals surface area (Å²) in [7, 11) is -3.64. The van der Waals surface area contributed by atoms with E-state index in [4.69, 9.17) is 4.52 Å². The third kappa shape index (κ3) is 5.43. The molecule has 1 aliphatic rings. The molecule has 7 nitrogen and oxygen atoms in total. The van der Waals surface area contributed by atoms with Crippen molar-refractivity contribution in [2.45, 2.75) is 38.0 Å². The second-order valence-corrected chi connectivity index (χ2v) is 11.3. The van der Waals surface area contributed by atoms with Crippen molar-refractivity contribution in [3.8, 4) is 22.2 Å². The number of aromatic nitrogens is 2. The maximum absolute atomic E-state index is 13.5. The van der Waals surface area contributed by atoms with Crippen LogP contribution in [0.1, 0.15) is 31.1 Å². The van der Waals surface area contributed by atoms with E-state index in [1.165, 1.54) is 36.3 Å². The molecule has 0 bridgehead atoms. The molecule has 1 aliphatic heterocycles. The molecule has 0 unspecified atom stereocenters. The van der Waals surface area contributed by atoms with E-state index in [0.29, 0.717) is 27.8 Å². The summed E-state index contributed by atoms with van der Waals surface area (Å²) in [5.74, 6) is 0.770. The van der Waals surface area contributed by atoms with Crippen LogP contribution in [-0.4, -0.2) is 49.6 Å².